The van der Waals surface area contributed by atoms with E-state index in [1.807, 2.05) is 21.7 Å². The van der Waals surface area contributed by atoms with Gasteiger partial charge in [0.15, 0.2) is 0 Å². The van der Waals surface area contributed by atoms with E-state index < -0.39 is 0 Å². The van der Waals surface area contributed by atoms with E-state index in [0.29, 0.717) is 13.1 Å². The minimum atomic E-state index is 0.00323. The lowest BCUT2D eigenvalue weighted by Crippen LogP contribution is -2.35. The summed E-state index contributed by atoms with van der Waals surface area (Å²) in [5.74, 6) is 0.846. The van der Waals surface area contributed by atoms with E-state index in [2.05, 4.69) is 9.88 Å². The van der Waals surface area contributed by atoms with Gasteiger partial charge in [-0.1, -0.05) is 0 Å². The Bertz CT molecular complexity index is 1070. The predicted molar refractivity (Wildman–Crippen MR) is 112 cm³/mol. The van der Waals surface area contributed by atoms with Gasteiger partial charge in [-0.25, -0.2) is 4.98 Å². The zero-order valence-electron chi connectivity index (χ0n) is 15.6. The fraction of sp³-hybridized carbons (Fsp3) is 0.450. The number of carbonyl (C=O) groups excluding carboxylic acids is 1. The molecule has 0 spiro atoms. The molecule has 1 aliphatic carbocycles. The molecular weight excluding hydrogens is 392 g/mol. The van der Waals surface area contributed by atoms with Crippen LogP contribution in [0.5, 0.6) is 0 Å². The van der Waals surface area contributed by atoms with Gasteiger partial charge in [0.2, 0.25) is 0 Å². The van der Waals surface area contributed by atoms with Gasteiger partial charge in [0.1, 0.15) is 10.7 Å². The predicted octanol–water partition coefficient (Wildman–Crippen LogP) is 2.88. The Morgan fingerprint density at radius 2 is 2.11 bits per heavy atom. The van der Waals surface area contributed by atoms with E-state index in [0.717, 1.165) is 66.9 Å². The first-order chi connectivity index (χ1) is 13.7. The molecule has 5 rings (SSSR count). The molecule has 0 bridgehead atoms. The maximum atomic E-state index is 12.6. The van der Waals surface area contributed by atoms with E-state index in [-0.39, 0.29) is 11.5 Å². The normalized spacial score (nSPS) is 17.8. The molecule has 0 radical (unpaired) electrons. The molecule has 146 valence electrons. The number of thiophene rings is 2. The molecule has 0 unspecified atom stereocenters. The SMILES string of the molecule is O=C(c1ccsc1)N1CCCN(Cc2nc3sc4c(c3c(=O)[nH]2)CCC4)CC1. The van der Waals surface area contributed by atoms with Gasteiger partial charge in [0.25, 0.3) is 11.5 Å². The summed E-state index contributed by atoms with van der Waals surface area (Å²) in [6, 6.07) is 1.89. The van der Waals surface area contributed by atoms with Crippen LogP contribution in [-0.4, -0.2) is 51.9 Å². The zero-order valence-corrected chi connectivity index (χ0v) is 17.2. The van der Waals surface area contributed by atoms with Gasteiger partial charge < -0.3 is 9.88 Å². The highest BCUT2D eigenvalue weighted by Crippen LogP contribution is 2.34. The van der Waals surface area contributed by atoms with Gasteiger partial charge in [-0.3, -0.25) is 14.5 Å². The minimum absolute atomic E-state index is 0.00323. The average molecular weight is 415 g/mol. The highest BCUT2D eigenvalue weighted by atomic mass is 32.1. The van der Waals surface area contributed by atoms with Crippen molar-refractivity contribution in [1.82, 2.24) is 19.8 Å². The van der Waals surface area contributed by atoms with Crippen molar-refractivity contribution in [3.63, 3.8) is 0 Å². The number of nitrogens with zero attached hydrogens (tertiary/aromatic N) is 3. The lowest BCUT2D eigenvalue weighted by atomic mass is 10.2. The molecular formula is C20H22N4O2S2. The highest BCUT2D eigenvalue weighted by molar-refractivity contribution is 7.18. The Morgan fingerprint density at radius 3 is 2.96 bits per heavy atom. The van der Waals surface area contributed by atoms with Gasteiger partial charge in [-0.05, 0) is 42.7 Å². The molecule has 1 N–H and O–H groups in total. The van der Waals surface area contributed by atoms with Crippen LogP contribution in [-0.2, 0) is 19.4 Å². The number of hydrogen-bond acceptors (Lipinski definition) is 6. The third kappa shape index (κ3) is 3.29. The van der Waals surface area contributed by atoms with Crippen molar-refractivity contribution >= 4 is 38.8 Å². The van der Waals surface area contributed by atoms with Crippen molar-refractivity contribution in [2.45, 2.75) is 32.2 Å². The Kier molecular flexibility index (Phi) is 4.78. The molecule has 0 saturated carbocycles. The lowest BCUT2D eigenvalue weighted by Gasteiger charge is -2.21. The van der Waals surface area contributed by atoms with E-state index in [4.69, 9.17) is 4.98 Å². The average Bonchev–Trinajstić information content (AvgIpc) is 3.37. The second-order valence-electron chi connectivity index (χ2n) is 7.48. The fourth-order valence-corrected chi connectivity index (χ4v) is 6.15. The Morgan fingerprint density at radius 1 is 1.18 bits per heavy atom. The van der Waals surface area contributed by atoms with E-state index in [1.165, 1.54) is 10.4 Å². The number of aryl methyl sites for hydroxylation is 2. The summed E-state index contributed by atoms with van der Waals surface area (Å²) >= 11 is 3.23. The molecule has 28 heavy (non-hydrogen) atoms. The summed E-state index contributed by atoms with van der Waals surface area (Å²) in [5.41, 5.74) is 2.00. The first-order valence-corrected chi connectivity index (χ1v) is 11.5. The van der Waals surface area contributed by atoms with Crippen LogP contribution in [0.4, 0.5) is 0 Å². The molecule has 0 aromatic carbocycles. The fourth-order valence-electron chi connectivity index (χ4n) is 4.23. The summed E-state index contributed by atoms with van der Waals surface area (Å²) in [6.45, 7) is 3.78. The number of amides is 1. The van der Waals surface area contributed by atoms with E-state index in [9.17, 15) is 9.59 Å². The number of hydrogen-bond donors (Lipinski definition) is 1. The van der Waals surface area contributed by atoms with Gasteiger partial charge in [0.05, 0.1) is 17.5 Å². The molecule has 3 aromatic rings. The second kappa shape index (κ2) is 7.42. The minimum Gasteiger partial charge on any atom is -0.337 e. The summed E-state index contributed by atoms with van der Waals surface area (Å²) in [7, 11) is 0. The first-order valence-electron chi connectivity index (χ1n) is 9.76. The largest absolute Gasteiger partial charge is 0.337 e. The van der Waals surface area contributed by atoms with Crippen LogP contribution in [0.25, 0.3) is 10.2 Å². The molecule has 2 aliphatic rings. The molecule has 1 saturated heterocycles. The quantitative estimate of drug-likeness (QED) is 0.716. The van der Waals surface area contributed by atoms with E-state index >= 15 is 0 Å². The van der Waals surface area contributed by atoms with Gasteiger partial charge in [-0.15, -0.1) is 11.3 Å². The molecule has 8 heteroatoms. The van der Waals surface area contributed by atoms with Gasteiger partial charge in [-0.2, -0.15) is 11.3 Å². The van der Waals surface area contributed by atoms with Crippen LogP contribution in [0.1, 0.15) is 39.5 Å². The highest BCUT2D eigenvalue weighted by Gasteiger charge is 2.23. The Labute approximate surface area is 170 Å². The summed E-state index contributed by atoms with van der Waals surface area (Å²) in [6.07, 6.45) is 4.15. The molecule has 3 aromatic heterocycles. The van der Waals surface area contributed by atoms with Crippen LogP contribution in [0.15, 0.2) is 21.6 Å². The van der Waals surface area contributed by atoms with Crippen molar-refractivity contribution in [2.75, 3.05) is 26.2 Å². The molecule has 0 atom stereocenters. The third-order valence-electron chi connectivity index (χ3n) is 5.64. The maximum Gasteiger partial charge on any atom is 0.259 e. The summed E-state index contributed by atoms with van der Waals surface area (Å²) < 4.78 is 0. The number of H-pyrrole nitrogens is 1. The molecule has 4 heterocycles. The number of rotatable bonds is 3. The Balaban J connectivity index is 1.30. The van der Waals surface area contributed by atoms with Crippen molar-refractivity contribution in [2.24, 2.45) is 0 Å². The van der Waals surface area contributed by atoms with Crippen molar-refractivity contribution in [3.8, 4) is 0 Å². The summed E-state index contributed by atoms with van der Waals surface area (Å²) in [5, 5.41) is 4.66. The number of fused-ring (bicyclic) bond motifs is 3. The molecule has 1 fully saturated rings. The topological polar surface area (TPSA) is 69.3 Å². The molecule has 1 aliphatic heterocycles. The van der Waals surface area contributed by atoms with Crippen LogP contribution in [0.3, 0.4) is 0 Å². The monoisotopic (exact) mass is 414 g/mol. The smallest absolute Gasteiger partial charge is 0.259 e. The Hall–Kier alpha value is -2.03. The second-order valence-corrected chi connectivity index (χ2v) is 9.35. The van der Waals surface area contributed by atoms with E-state index in [1.54, 1.807) is 22.7 Å². The number of aromatic nitrogens is 2. The number of aromatic amines is 1. The first kappa shape index (κ1) is 18.0. The van der Waals surface area contributed by atoms with Gasteiger partial charge in [0, 0.05) is 36.4 Å². The maximum absolute atomic E-state index is 12.6. The molecule has 6 nitrogen and oxygen atoms in total. The summed E-state index contributed by atoms with van der Waals surface area (Å²) in [4.78, 5) is 39.4. The third-order valence-corrected chi connectivity index (χ3v) is 7.51. The van der Waals surface area contributed by atoms with Crippen LogP contribution in [0.2, 0.25) is 0 Å². The number of carbonyl (C=O) groups is 1. The van der Waals surface area contributed by atoms with Crippen molar-refractivity contribution in [3.05, 3.63) is 49.0 Å². The van der Waals surface area contributed by atoms with Gasteiger partial charge >= 0.3 is 0 Å². The van der Waals surface area contributed by atoms with Crippen LogP contribution >= 0.6 is 22.7 Å². The lowest BCUT2D eigenvalue weighted by molar-refractivity contribution is 0.0761. The van der Waals surface area contributed by atoms with Crippen LogP contribution < -0.4 is 5.56 Å². The molecule has 1 amide bonds. The van der Waals surface area contributed by atoms with Crippen molar-refractivity contribution in [1.29, 1.82) is 0 Å². The van der Waals surface area contributed by atoms with Crippen molar-refractivity contribution < 1.29 is 4.79 Å². The van der Waals surface area contributed by atoms with Crippen LogP contribution in [0, 0.1) is 0 Å². The number of nitrogens with one attached hydrogen (secondary N) is 1. The standard InChI is InChI=1S/C20H22N4O2S2/c25-18-17-14-3-1-4-15(14)28-19(17)22-16(21-18)11-23-6-2-7-24(9-8-23)20(26)13-5-10-27-12-13/h5,10,12H,1-4,6-9,11H2,(H,21,22,25). The zero-order chi connectivity index (χ0) is 19.1.